The maximum absolute atomic E-state index is 12.4. The summed E-state index contributed by atoms with van der Waals surface area (Å²) in [5.74, 6) is -0.570. The predicted molar refractivity (Wildman–Crippen MR) is 353 cm³/mol. The third kappa shape index (κ3) is 67.8. The maximum Gasteiger partial charge on any atom is 0.306 e. The molecule has 0 saturated carbocycles. The molecular weight excluding hydrogens is 981 g/mol. The highest BCUT2D eigenvalue weighted by Crippen LogP contribution is 2.19. The molecule has 0 heterocycles. The van der Waals surface area contributed by atoms with Crippen LogP contribution in [0.4, 0.5) is 0 Å². The minimum Gasteiger partial charge on any atom is -0.462 e. The Labute approximate surface area is 499 Å². The second kappa shape index (κ2) is 70.6. The van der Waals surface area contributed by atoms with Gasteiger partial charge in [0.15, 0.2) is 6.10 Å². The smallest absolute Gasteiger partial charge is 0.306 e. The molecule has 0 fully saturated rings. The van der Waals surface area contributed by atoms with Crippen LogP contribution in [-0.2, 0) is 19.1 Å². The lowest BCUT2D eigenvalue weighted by Crippen LogP contribution is -2.28. The van der Waals surface area contributed by atoms with Crippen molar-refractivity contribution in [2.45, 2.75) is 380 Å². The zero-order valence-corrected chi connectivity index (χ0v) is 53.6. The molecule has 0 aromatic carbocycles. The Morgan fingerprint density at radius 3 is 0.825 bits per heavy atom. The van der Waals surface area contributed by atoms with Gasteiger partial charge in [-0.05, 0) is 83.5 Å². The van der Waals surface area contributed by atoms with Gasteiger partial charge in [0, 0.05) is 12.8 Å². The molecule has 0 amide bonds. The molecule has 0 aromatic heterocycles. The van der Waals surface area contributed by atoms with Crippen LogP contribution in [0.1, 0.15) is 373 Å². The fraction of sp³-hybridized carbons (Fsp3) is 0.813. The van der Waals surface area contributed by atoms with Gasteiger partial charge >= 0.3 is 11.9 Å². The van der Waals surface area contributed by atoms with E-state index in [-0.39, 0.29) is 25.2 Å². The van der Waals surface area contributed by atoms with Crippen molar-refractivity contribution in [1.82, 2.24) is 0 Å². The van der Waals surface area contributed by atoms with Crippen molar-refractivity contribution in [2.75, 3.05) is 13.2 Å². The van der Waals surface area contributed by atoms with E-state index in [1.807, 2.05) is 0 Å². The summed E-state index contributed by atoms with van der Waals surface area (Å²) >= 11 is 0. The summed E-state index contributed by atoms with van der Waals surface area (Å²) in [4.78, 5) is 24.6. The van der Waals surface area contributed by atoms with E-state index in [2.05, 4.69) is 86.8 Å². The average molecular weight is 1120 g/mol. The molecule has 5 nitrogen and oxygen atoms in total. The van der Waals surface area contributed by atoms with E-state index >= 15 is 0 Å². The quantitative estimate of drug-likeness (QED) is 0.0373. The highest BCUT2D eigenvalue weighted by molar-refractivity contribution is 5.70. The van der Waals surface area contributed by atoms with Gasteiger partial charge in [0.25, 0.3) is 0 Å². The molecule has 0 aliphatic rings. The molecule has 0 aromatic rings. The Hall–Kier alpha value is -2.66. The molecule has 0 rings (SSSR count). The van der Waals surface area contributed by atoms with Gasteiger partial charge in [0.1, 0.15) is 6.61 Å². The van der Waals surface area contributed by atoms with E-state index in [0.717, 1.165) is 70.6 Å². The number of unbranched alkanes of at least 4 members (excludes halogenated alkanes) is 46. The summed E-state index contributed by atoms with van der Waals surface area (Å²) in [6.07, 6.45) is 98.1. The minimum absolute atomic E-state index is 0.0614. The first-order chi connectivity index (χ1) is 39.6. The van der Waals surface area contributed by atoms with Gasteiger partial charge in [0.05, 0.1) is 6.61 Å². The van der Waals surface area contributed by atoms with Crippen LogP contribution in [0.25, 0.3) is 0 Å². The number of carbonyl (C=O) groups excluding carboxylic acids is 2. The number of aliphatic hydroxyl groups is 1. The highest BCUT2D eigenvalue weighted by Gasteiger charge is 2.16. The molecule has 1 N–H and O–H groups in total. The van der Waals surface area contributed by atoms with Gasteiger partial charge in [-0.1, -0.05) is 350 Å². The van der Waals surface area contributed by atoms with Crippen molar-refractivity contribution in [1.29, 1.82) is 0 Å². The number of carbonyl (C=O) groups is 2. The number of ether oxygens (including phenoxy) is 2. The molecule has 0 saturated heterocycles. The third-order valence-corrected chi connectivity index (χ3v) is 16.0. The number of aliphatic hydroxyl groups excluding tert-OH is 1. The van der Waals surface area contributed by atoms with Crippen LogP contribution in [0, 0.1) is 0 Å². The average Bonchev–Trinajstić information content (AvgIpc) is 3.46. The lowest BCUT2D eigenvalue weighted by molar-refractivity contribution is -0.161. The second-order valence-electron chi connectivity index (χ2n) is 23.9. The molecule has 0 bridgehead atoms. The first-order valence-electron chi connectivity index (χ1n) is 35.5. The van der Waals surface area contributed by atoms with Crippen LogP contribution in [0.15, 0.2) is 72.9 Å². The Bertz CT molecular complexity index is 1400. The predicted octanol–water partition coefficient (Wildman–Crippen LogP) is 24.7. The van der Waals surface area contributed by atoms with Gasteiger partial charge in [0.2, 0.25) is 0 Å². The van der Waals surface area contributed by atoms with E-state index in [4.69, 9.17) is 9.47 Å². The van der Waals surface area contributed by atoms with E-state index in [0.29, 0.717) is 12.8 Å². The Kier molecular flexibility index (Phi) is 68.3. The lowest BCUT2D eigenvalue weighted by atomic mass is 10.0. The number of hydrogen-bond donors (Lipinski definition) is 1. The number of rotatable bonds is 66. The topological polar surface area (TPSA) is 72.8 Å². The molecule has 80 heavy (non-hydrogen) atoms. The van der Waals surface area contributed by atoms with E-state index < -0.39 is 6.10 Å². The van der Waals surface area contributed by atoms with Crippen molar-refractivity contribution >= 4 is 11.9 Å². The summed E-state index contributed by atoms with van der Waals surface area (Å²) in [6, 6.07) is 0. The SMILES string of the molecule is CC/C=C\C/C=C\C/C=C\C/C=C\C/C=C\CCCCCCCCCCCCCCCCCCCCCCCCCCCC(=O)OC(CO)COC(=O)CCCCCCCCCCCCCCC/C=C\CCCCCCCCCC. The van der Waals surface area contributed by atoms with Crippen LogP contribution < -0.4 is 0 Å². The van der Waals surface area contributed by atoms with Gasteiger partial charge in [-0.15, -0.1) is 0 Å². The summed E-state index contributed by atoms with van der Waals surface area (Å²) in [7, 11) is 0. The van der Waals surface area contributed by atoms with E-state index in [9.17, 15) is 14.7 Å². The molecule has 0 aliphatic carbocycles. The molecule has 466 valence electrons. The summed E-state index contributed by atoms with van der Waals surface area (Å²) in [5.41, 5.74) is 0. The molecule has 1 unspecified atom stereocenters. The van der Waals surface area contributed by atoms with Crippen LogP contribution in [0.5, 0.6) is 0 Å². The largest absolute Gasteiger partial charge is 0.462 e. The Morgan fingerprint density at radius 1 is 0.300 bits per heavy atom. The van der Waals surface area contributed by atoms with Crippen molar-refractivity contribution in [3.63, 3.8) is 0 Å². The normalized spacial score (nSPS) is 12.6. The van der Waals surface area contributed by atoms with Crippen molar-refractivity contribution in [3.8, 4) is 0 Å². The van der Waals surface area contributed by atoms with Gasteiger partial charge < -0.3 is 14.6 Å². The van der Waals surface area contributed by atoms with Crippen LogP contribution in [0.3, 0.4) is 0 Å². The Balaban J connectivity index is 3.39. The summed E-state index contributed by atoms with van der Waals surface area (Å²) in [6.45, 7) is 4.08. The number of hydrogen-bond acceptors (Lipinski definition) is 5. The first-order valence-corrected chi connectivity index (χ1v) is 35.5. The van der Waals surface area contributed by atoms with Crippen molar-refractivity contribution < 1.29 is 24.2 Å². The van der Waals surface area contributed by atoms with E-state index in [1.54, 1.807) is 0 Å². The van der Waals surface area contributed by atoms with Gasteiger partial charge in [-0.25, -0.2) is 0 Å². The van der Waals surface area contributed by atoms with E-state index in [1.165, 1.54) is 276 Å². The molecule has 1 atom stereocenters. The lowest BCUT2D eigenvalue weighted by Gasteiger charge is -2.15. The molecule has 0 aliphatic heterocycles. The van der Waals surface area contributed by atoms with Gasteiger partial charge in [-0.3, -0.25) is 9.59 Å². The molecule has 0 spiro atoms. The van der Waals surface area contributed by atoms with Crippen LogP contribution in [0.2, 0.25) is 0 Å². The maximum atomic E-state index is 12.4. The highest BCUT2D eigenvalue weighted by atomic mass is 16.6. The fourth-order valence-electron chi connectivity index (χ4n) is 10.7. The van der Waals surface area contributed by atoms with Crippen LogP contribution in [-0.4, -0.2) is 36.4 Å². The summed E-state index contributed by atoms with van der Waals surface area (Å²) in [5, 5.41) is 9.70. The number of esters is 2. The fourth-order valence-corrected chi connectivity index (χ4v) is 10.7. The zero-order valence-electron chi connectivity index (χ0n) is 53.6. The Morgan fingerprint density at radius 2 is 0.537 bits per heavy atom. The third-order valence-electron chi connectivity index (χ3n) is 16.0. The number of allylic oxidation sites excluding steroid dienone is 12. The van der Waals surface area contributed by atoms with Crippen LogP contribution >= 0.6 is 0 Å². The van der Waals surface area contributed by atoms with Crippen molar-refractivity contribution in [2.24, 2.45) is 0 Å². The summed E-state index contributed by atoms with van der Waals surface area (Å²) < 4.78 is 10.8. The second-order valence-corrected chi connectivity index (χ2v) is 23.9. The first kappa shape index (κ1) is 77.3. The molecular formula is C75H136O5. The van der Waals surface area contributed by atoms with Gasteiger partial charge in [-0.2, -0.15) is 0 Å². The zero-order chi connectivity index (χ0) is 57.6. The minimum atomic E-state index is -0.772. The molecule has 5 heteroatoms. The standard InChI is InChI=1S/C75H136O5/c1-3-5-7-9-11-13-15-17-19-21-23-25-27-29-30-31-32-33-34-35-36-37-38-39-40-41-42-43-44-46-48-50-52-54-56-58-60-62-64-66-68-70-75(78)80-73(71-76)72-79-74(77)69-67-65-63-61-59-57-55-53-51-49-47-45-28-26-24-22-20-18-16-14-12-10-8-6-4-2/h5,7,11,13,17,19,22-25,29-30,73,76H,3-4,6,8-10,12,14-16,18,20-21,26-28,31-72H2,1-2H3/b7-5-,13-11-,19-17-,24-22-,25-23-,30-29-. The molecule has 0 radical (unpaired) electrons. The van der Waals surface area contributed by atoms with Crippen molar-refractivity contribution in [3.05, 3.63) is 72.9 Å². The monoisotopic (exact) mass is 1120 g/mol.